The monoisotopic (exact) mass is 499 g/mol. The molecule has 1 heteroatoms. The number of hydrogen-bond acceptors (Lipinski definition) is 1. The van der Waals surface area contributed by atoms with Gasteiger partial charge >= 0.3 is 0 Å². The summed E-state index contributed by atoms with van der Waals surface area (Å²) in [6.07, 6.45) is 6.55. The third kappa shape index (κ3) is 3.62. The van der Waals surface area contributed by atoms with Gasteiger partial charge in [-0.3, -0.25) is 0 Å². The van der Waals surface area contributed by atoms with Crippen molar-refractivity contribution in [2.75, 3.05) is 6.54 Å². The lowest BCUT2D eigenvalue weighted by Gasteiger charge is -2.55. The second-order valence-electron chi connectivity index (χ2n) is 13.3. The molecule has 3 atom stereocenters. The summed E-state index contributed by atoms with van der Waals surface area (Å²) in [5, 5.41) is 12.3. The minimum Gasteiger partial charge on any atom is -0.312 e. The van der Waals surface area contributed by atoms with Crippen molar-refractivity contribution in [3.63, 3.8) is 0 Å². The van der Waals surface area contributed by atoms with Gasteiger partial charge in [-0.15, -0.1) is 0 Å². The van der Waals surface area contributed by atoms with E-state index >= 15 is 0 Å². The third-order valence-corrected chi connectivity index (χ3v) is 10.6. The highest BCUT2D eigenvalue weighted by atomic mass is 14.9. The highest BCUT2D eigenvalue weighted by molar-refractivity contribution is 6.23. The molecule has 0 amide bonds. The summed E-state index contributed by atoms with van der Waals surface area (Å²) >= 11 is 0. The number of rotatable bonds is 5. The molecule has 5 aromatic carbocycles. The average molecular weight is 500 g/mol. The van der Waals surface area contributed by atoms with Gasteiger partial charge in [-0.1, -0.05) is 107 Å². The van der Waals surface area contributed by atoms with E-state index in [1.165, 1.54) is 75.5 Å². The van der Waals surface area contributed by atoms with Crippen molar-refractivity contribution >= 4 is 32.3 Å². The number of fused-ring (bicyclic) bond motifs is 3. The van der Waals surface area contributed by atoms with E-state index < -0.39 is 0 Å². The topological polar surface area (TPSA) is 12.0 Å². The fourth-order valence-electron chi connectivity index (χ4n) is 8.65. The van der Waals surface area contributed by atoms with E-state index in [-0.39, 0.29) is 0 Å². The van der Waals surface area contributed by atoms with Crippen molar-refractivity contribution < 1.29 is 0 Å². The van der Waals surface area contributed by atoms with Gasteiger partial charge in [0, 0.05) is 13.1 Å². The fourth-order valence-corrected chi connectivity index (χ4v) is 8.65. The molecule has 1 N–H and O–H groups in total. The Morgan fingerprint density at radius 2 is 1.58 bits per heavy atom. The average Bonchev–Trinajstić information content (AvgIpc) is 2.92. The zero-order chi connectivity index (χ0) is 26.1. The molecule has 0 spiro atoms. The van der Waals surface area contributed by atoms with Crippen LogP contribution in [0.5, 0.6) is 0 Å². The van der Waals surface area contributed by atoms with Crippen LogP contribution >= 0.6 is 0 Å². The van der Waals surface area contributed by atoms with Gasteiger partial charge in [-0.2, -0.15) is 0 Å². The second kappa shape index (κ2) is 8.82. The van der Waals surface area contributed by atoms with Crippen LogP contribution in [0.25, 0.3) is 32.3 Å². The maximum Gasteiger partial charge on any atom is 0.0211 e. The van der Waals surface area contributed by atoms with Crippen LogP contribution in [0.3, 0.4) is 0 Å². The molecule has 0 bridgehead atoms. The van der Waals surface area contributed by atoms with E-state index in [9.17, 15) is 0 Å². The van der Waals surface area contributed by atoms with E-state index in [4.69, 9.17) is 0 Å². The first-order valence-electron chi connectivity index (χ1n) is 14.9. The van der Waals surface area contributed by atoms with Crippen molar-refractivity contribution in [3.8, 4) is 0 Å². The van der Waals surface area contributed by atoms with Gasteiger partial charge in [0.25, 0.3) is 0 Å². The summed E-state index contributed by atoms with van der Waals surface area (Å²) in [7, 11) is 0. The first kappa shape index (κ1) is 24.2. The van der Waals surface area contributed by atoms with Crippen molar-refractivity contribution in [1.29, 1.82) is 0 Å². The Bertz CT molecular complexity index is 1630. The van der Waals surface area contributed by atoms with Crippen molar-refractivity contribution in [1.82, 2.24) is 5.32 Å². The summed E-state index contributed by atoms with van der Waals surface area (Å²) in [4.78, 5) is 0. The lowest BCUT2D eigenvalue weighted by atomic mass is 9.49. The van der Waals surface area contributed by atoms with Gasteiger partial charge in [-0.25, -0.2) is 0 Å². The van der Waals surface area contributed by atoms with Crippen LogP contribution < -0.4 is 5.32 Å². The van der Waals surface area contributed by atoms with Gasteiger partial charge in [0.2, 0.25) is 0 Å². The highest BCUT2D eigenvalue weighted by Gasteiger charge is 2.51. The molecule has 0 aromatic heterocycles. The van der Waals surface area contributed by atoms with Crippen LogP contribution in [0.1, 0.15) is 81.5 Å². The van der Waals surface area contributed by atoms with Gasteiger partial charge in [0.05, 0.1) is 0 Å². The Labute approximate surface area is 228 Å². The smallest absolute Gasteiger partial charge is 0.0211 e. The molecule has 1 nitrogen and oxygen atoms in total. The number of benzene rings is 5. The SMILES string of the molecule is CC(C)c1ccc2c(c1)CCC1C(C)(CNCc3ccc4ccc5cccc6ccc3c4c56)CCCC21C. The standard InChI is InChI=1S/C37H41N/c1-24(2)28-14-17-32-29(21-28)15-18-33-36(3,19-6-20-37(32,33)4)23-38-22-30-12-11-27-10-9-25-7-5-8-26-13-16-31(30)35(27)34(25)26/h5,7-14,16-17,21,24,33,38H,6,15,18-20,22-23H2,1-4H3. The number of hydrogen-bond donors (Lipinski definition) is 1. The summed E-state index contributed by atoms with van der Waals surface area (Å²) < 4.78 is 0. The zero-order valence-corrected chi connectivity index (χ0v) is 23.5. The Hall–Kier alpha value is -2.90. The molecule has 2 aliphatic carbocycles. The lowest BCUT2D eigenvalue weighted by Crippen LogP contribution is -2.52. The van der Waals surface area contributed by atoms with Gasteiger partial charge in [0.15, 0.2) is 0 Å². The molecular weight excluding hydrogens is 458 g/mol. The molecule has 5 aromatic rings. The van der Waals surface area contributed by atoms with Gasteiger partial charge in [0.1, 0.15) is 0 Å². The quantitative estimate of drug-likeness (QED) is 0.237. The largest absolute Gasteiger partial charge is 0.312 e. The summed E-state index contributed by atoms with van der Waals surface area (Å²) in [5.74, 6) is 1.33. The molecule has 0 radical (unpaired) electrons. The first-order chi connectivity index (χ1) is 18.4. The van der Waals surface area contributed by atoms with Crippen LogP contribution in [-0.2, 0) is 18.4 Å². The number of nitrogens with one attached hydrogen (secondary N) is 1. The summed E-state index contributed by atoms with van der Waals surface area (Å²) in [6.45, 7) is 11.8. The minimum atomic E-state index is 0.296. The fraction of sp³-hybridized carbons (Fsp3) is 0.405. The Balaban J connectivity index is 1.16. The van der Waals surface area contributed by atoms with Crippen LogP contribution in [0.2, 0.25) is 0 Å². The number of aryl methyl sites for hydroxylation is 1. The summed E-state index contributed by atoms with van der Waals surface area (Å²) in [5.41, 5.74) is 6.82. The molecule has 0 aliphatic heterocycles. The Morgan fingerprint density at radius 1 is 0.842 bits per heavy atom. The summed E-state index contributed by atoms with van der Waals surface area (Å²) in [6, 6.07) is 28.0. The molecular formula is C37H41N. The zero-order valence-electron chi connectivity index (χ0n) is 23.5. The normalized spacial score (nSPS) is 25.3. The van der Waals surface area contributed by atoms with E-state index in [1.807, 2.05) is 0 Å². The second-order valence-corrected chi connectivity index (χ2v) is 13.3. The van der Waals surface area contributed by atoms with Crippen molar-refractivity contribution in [2.24, 2.45) is 11.3 Å². The van der Waals surface area contributed by atoms with E-state index in [0.717, 1.165) is 19.0 Å². The third-order valence-electron chi connectivity index (χ3n) is 10.6. The highest BCUT2D eigenvalue weighted by Crippen LogP contribution is 2.57. The van der Waals surface area contributed by atoms with Crippen LogP contribution in [0.15, 0.2) is 72.8 Å². The van der Waals surface area contributed by atoms with Crippen LogP contribution in [0, 0.1) is 11.3 Å². The predicted octanol–water partition coefficient (Wildman–Crippen LogP) is 9.51. The van der Waals surface area contributed by atoms with Gasteiger partial charge in [-0.05, 0) is 103 Å². The molecule has 0 saturated heterocycles. The molecule has 2 aliphatic rings. The van der Waals surface area contributed by atoms with Crippen LogP contribution in [-0.4, -0.2) is 6.54 Å². The van der Waals surface area contributed by atoms with E-state index in [1.54, 1.807) is 11.1 Å². The lowest BCUT2D eigenvalue weighted by molar-refractivity contribution is 0.0257. The molecule has 3 unspecified atom stereocenters. The molecule has 1 fully saturated rings. The first-order valence-corrected chi connectivity index (χ1v) is 14.9. The minimum absolute atomic E-state index is 0.296. The molecule has 7 rings (SSSR count). The van der Waals surface area contributed by atoms with E-state index in [2.05, 4.69) is 106 Å². The Kier molecular flexibility index (Phi) is 5.61. The maximum atomic E-state index is 3.98. The van der Waals surface area contributed by atoms with Gasteiger partial charge < -0.3 is 5.32 Å². The molecule has 38 heavy (non-hydrogen) atoms. The molecule has 1 saturated carbocycles. The Morgan fingerprint density at radius 3 is 2.37 bits per heavy atom. The van der Waals surface area contributed by atoms with Crippen molar-refractivity contribution in [3.05, 3.63) is 95.1 Å². The molecule has 0 heterocycles. The van der Waals surface area contributed by atoms with E-state index in [0.29, 0.717) is 16.7 Å². The van der Waals surface area contributed by atoms with Crippen molar-refractivity contribution in [2.45, 2.75) is 77.7 Å². The maximum absolute atomic E-state index is 3.98. The molecule has 194 valence electrons. The van der Waals surface area contributed by atoms with Crippen LogP contribution in [0.4, 0.5) is 0 Å². The predicted molar refractivity (Wildman–Crippen MR) is 164 cm³/mol.